The van der Waals surface area contributed by atoms with Gasteiger partial charge in [0.2, 0.25) is 5.91 Å². The zero-order valence-corrected chi connectivity index (χ0v) is 23.3. The van der Waals surface area contributed by atoms with Gasteiger partial charge in [0, 0.05) is 0 Å². The number of carboxylic acids is 1. The van der Waals surface area contributed by atoms with Crippen LogP contribution in [0.5, 0.6) is 0 Å². The molecule has 0 radical (unpaired) electrons. The van der Waals surface area contributed by atoms with Crippen molar-refractivity contribution in [3.8, 4) is 0 Å². The van der Waals surface area contributed by atoms with E-state index in [4.69, 9.17) is 4.84 Å². The first-order valence-electron chi connectivity index (χ1n) is 14.4. The Morgan fingerprint density at radius 2 is 1.87 bits per heavy atom. The third kappa shape index (κ3) is 5.49. The van der Waals surface area contributed by atoms with E-state index >= 15 is 0 Å². The predicted octanol–water partition coefficient (Wildman–Crippen LogP) is 3.56. The normalized spacial score (nSPS) is 36.7. The highest BCUT2D eigenvalue weighted by Crippen LogP contribution is 2.65. The van der Waals surface area contributed by atoms with E-state index in [2.05, 4.69) is 35.7 Å². The molecule has 0 saturated heterocycles. The van der Waals surface area contributed by atoms with Crippen LogP contribution < -0.4 is 10.6 Å². The van der Waals surface area contributed by atoms with Crippen LogP contribution in [-0.4, -0.2) is 58.5 Å². The zero-order valence-electron chi connectivity index (χ0n) is 23.3. The highest BCUT2D eigenvalue weighted by Gasteiger charge is 2.58. The largest absolute Gasteiger partial charge is 0.480 e. The Balaban J connectivity index is 1.30. The van der Waals surface area contributed by atoms with E-state index in [1.54, 1.807) is 0 Å². The van der Waals surface area contributed by atoms with Crippen LogP contribution in [0, 0.1) is 28.6 Å². The number of fused-ring (bicyclic) bond motifs is 5. The van der Waals surface area contributed by atoms with Crippen molar-refractivity contribution in [2.75, 3.05) is 6.61 Å². The zero-order chi connectivity index (χ0) is 27.7. The Morgan fingerprint density at radius 3 is 2.58 bits per heavy atom. The first-order chi connectivity index (χ1) is 18.0. The monoisotopic (exact) mass is 531 g/mol. The molecule has 0 bridgehead atoms. The van der Waals surface area contributed by atoms with Crippen LogP contribution in [0.15, 0.2) is 16.8 Å². The first-order valence-corrected chi connectivity index (χ1v) is 14.4. The molecule has 9 heteroatoms. The number of allylic oxidation sites excluding steroid dienone is 2. The number of carbonyl (C=O) groups is 3. The molecule has 3 fully saturated rings. The lowest BCUT2D eigenvalue weighted by atomic mass is 9.47. The number of aliphatic hydroxyl groups is 1. The van der Waals surface area contributed by atoms with Crippen molar-refractivity contribution in [3.05, 3.63) is 11.6 Å². The van der Waals surface area contributed by atoms with Gasteiger partial charge in [0.05, 0.1) is 11.8 Å². The maximum absolute atomic E-state index is 12.3. The van der Waals surface area contributed by atoms with Crippen LogP contribution >= 0.6 is 0 Å². The summed E-state index contributed by atoms with van der Waals surface area (Å²) in [7, 11) is 0. The number of amides is 2. The number of carbonyl (C=O) groups excluding carboxylic acids is 2. The Hall–Kier alpha value is -2.42. The van der Waals surface area contributed by atoms with Crippen molar-refractivity contribution in [1.82, 2.24) is 10.6 Å². The molecule has 38 heavy (non-hydrogen) atoms. The molecular weight excluding hydrogens is 486 g/mol. The van der Waals surface area contributed by atoms with Crippen LogP contribution in [0.1, 0.15) is 91.9 Å². The maximum Gasteiger partial charge on any atom is 0.326 e. The third-order valence-corrected chi connectivity index (χ3v) is 10.3. The standard InChI is InChI=1S/C29H45N3O6/c1-5-6-23(27(36)37)31-26(35)17(2)30-25(34)16-38-32-19-11-13-28(3)18(15-19)7-8-20-21-9-10-24(33)29(21,4)14-12-22(20)28/h15,17,20-24,33H,5-14,16H2,1-4H3,(H,30,34)(H,31,35)(H,36,37)/t17?,20-,21-,22-,23?,24+,28-,29-/m0/s1. The minimum absolute atomic E-state index is 0.0834. The number of nitrogens with zero attached hydrogens (tertiary/aromatic N) is 1. The topological polar surface area (TPSA) is 137 Å². The van der Waals surface area contributed by atoms with Gasteiger partial charge in [-0.2, -0.15) is 0 Å². The molecule has 0 aromatic rings. The summed E-state index contributed by atoms with van der Waals surface area (Å²) in [5, 5.41) is 29.1. The molecule has 4 aliphatic carbocycles. The molecule has 0 aromatic carbocycles. The molecule has 0 heterocycles. The average Bonchev–Trinajstić information content (AvgIpc) is 3.18. The molecule has 4 rings (SSSR count). The number of hydrogen-bond acceptors (Lipinski definition) is 6. The SMILES string of the molecule is CCCC(NC(=O)C(C)NC(=O)CON=C1C=C2CC[C@H]3[C@@H]4CC[C@@H](O)[C@@]4(C)CC[C@@H]3[C@@]2(C)CC1)C(=O)O. The van der Waals surface area contributed by atoms with Crippen molar-refractivity contribution in [2.24, 2.45) is 33.7 Å². The number of rotatable bonds is 9. The van der Waals surface area contributed by atoms with Crippen LogP contribution in [0.25, 0.3) is 0 Å². The van der Waals surface area contributed by atoms with Gasteiger partial charge in [0.15, 0.2) is 6.61 Å². The average molecular weight is 532 g/mol. The molecule has 2 unspecified atom stereocenters. The molecule has 9 nitrogen and oxygen atoms in total. The van der Waals surface area contributed by atoms with E-state index < -0.39 is 29.9 Å². The summed E-state index contributed by atoms with van der Waals surface area (Å²) < 4.78 is 0. The van der Waals surface area contributed by atoms with Gasteiger partial charge in [-0.15, -0.1) is 0 Å². The van der Waals surface area contributed by atoms with E-state index in [1.165, 1.54) is 18.9 Å². The van der Waals surface area contributed by atoms with E-state index in [9.17, 15) is 24.6 Å². The predicted molar refractivity (Wildman–Crippen MR) is 143 cm³/mol. The smallest absolute Gasteiger partial charge is 0.326 e. The molecule has 4 N–H and O–H groups in total. The summed E-state index contributed by atoms with van der Waals surface area (Å²) in [5.74, 6) is -0.186. The Kier molecular flexibility index (Phi) is 8.55. The quantitative estimate of drug-likeness (QED) is 0.336. The number of nitrogens with one attached hydrogen (secondary N) is 2. The minimum atomic E-state index is -1.09. The van der Waals surface area contributed by atoms with Crippen molar-refractivity contribution < 1.29 is 29.4 Å². The number of aliphatic hydroxyl groups excluding tert-OH is 1. The number of carboxylic acid groups (broad SMARTS) is 1. The molecule has 4 aliphatic rings. The summed E-state index contributed by atoms with van der Waals surface area (Å²) in [6, 6.07) is -1.86. The van der Waals surface area contributed by atoms with Gasteiger partial charge in [-0.05, 0) is 99.4 Å². The van der Waals surface area contributed by atoms with Crippen LogP contribution in [-0.2, 0) is 19.2 Å². The highest BCUT2D eigenvalue weighted by atomic mass is 16.6. The Morgan fingerprint density at radius 1 is 1.11 bits per heavy atom. The Labute approximate surface area is 225 Å². The molecule has 0 spiro atoms. The van der Waals surface area contributed by atoms with E-state index in [0.717, 1.165) is 50.7 Å². The minimum Gasteiger partial charge on any atom is -0.480 e. The van der Waals surface area contributed by atoms with Crippen molar-refractivity contribution >= 4 is 23.5 Å². The van der Waals surface area contributed by atoms with Gasteiger partial charge in [-0.25, -0.2) is 4.79 Å². The fourth-order valence-corrected chi connectivity index (χ4v) is 7.98. The maximum atomic E-state index is 12.3. The number of hydrogen-bond donors (Lipinski definition) is 4. The van der Waals surface area contributed by atoms with Crippen LogP contribution in [0.2, 0.25) is 0 Å². The molecule has 0 aliphatic heterocycles. The number of oxime groups is 1. The summed E-state index contributed by atoms with van der Waals surface area (Å²) in [6.45, 7) is 7.76. The van der Waals surface area contributed by atoms with Gasteiger partial charge in [0.1, 0.15) is 12.1 Å². The second kappa shape index (κ2) is 11.4. The fraction of sp³-hybridized carbons (Fsp3) is 0.793. The van der Waals surface area contributed by atoms with Gasteiger partial charge < -0.3 is 25.7 Å². The summed E-state index contributed by atoms with van der Waals surface area (Å²) in [6.07, 6.45) is 11.3. The molecule has 3 saturated carbocycles. The molecular formula is C29H45N3O6. The third-order valence-electron chi connectivity index (χ3n) is 10.3. The van der Waals surface area contributed by atoms with E-state index in [-0.39, 0.29) is 23.5 Å². The van der Waals surface area contributed by atoms with Crippen LogP contribution in [0.4, 0.5) is 0 Å². The fourth-order valence-electron chi connectivity index (χ4n) is 7.98. The molecule has 2 amide bonds. The van der Waals surface area contributed by atoms with Gasteiger partial charge in [0.25, 0.3) is 5.91 Å². The summed E-state index contributed by atoms with van der Waals surface area (Å²) in [5.41, 5.74) is 2.52. The molecule has 8 atom stereocenters. The molecule has 212 valence electrons. The van der Waals surface area contributed by atoms with Crippen molar-refractivity contribution in [2.45, 2.75) is 110 Å². The summed E-state index contributed by atoms with van der Waals surface area (Å²) in [4.78, 5) is 41.2. The van der Waals surface area contributed by atoms with E-state index in [1.807, 2.05) is 6.92 Å². The Bertz CT molecular complexity index is 995. The number of aliphatic carboxylic acids is 1. The van der Waals surface area contributed by atoms with Gasteiger partial charge in [-0.3, -0.25) is 9.59 Å². The van der Waals surface area contributed by atoms with E-state index in [0.29, 0.717) is 30.6 Å². The van der Waals surface area contributed by atoms with Crippen LogP contribution in [0.3, 0.4) is 0 Å². The molecule has 0 aromatic heterocycles. The highest BCUT2D eigenvalue weighted by molar-refractivity contribution is 5.96. The lowest BCUT2D eigenvalue weighted by molar-refractivity contribution is -0.142. The van der Waals surface area contributed by atoms with Crippen molar-refractivity contribution in [3.63, 3.8) is 0 Å². The lowest BCUT2D eigenvalue weighted by Crippen LogP contribution is -2.51. The second-order valence-corrected chi connectivity index (χ2v) is 12.5. The lowest BCUT2D eigenvalue weighted by Gasteiger charge is -2.57. The van der Waals surface area contributed by atoms with Crippen molar-refractivity contribution in [1.29, 1.82) is 0 Å². The summed E-state index contributed by atoms with van der Waals surface area (Å²) >= 11 is 0. The second-order valence-electron chi connectivity index (χ2n) is 12.5. The first kappa shape index (κ1) is 28.6. The van der Waals surface area contributed by atoms with Gasteiger partial charge >= 0.3 is 5.97 Å². The van der Waals surface area contributed by atoms with Gasteiger partial charge in [-0.1, -0.05) is 37.9 Å².